The number of carbonyl (C=O) groups excluding carboxylic acids is 8. The van der Waals surface area contributed by atoms with E-state index in [1.165, 1.54) is 48.6 Å². The lowest BCUT2D eigenvalue weighted by Gasteiger charge is -2.62. The topological polar surface area (TPSA) is 339 Å². The van der Waals surface area contributed by atoms with Crippen LogP contribution in [0.5, 0.6) is 0 Å². The molecular weight excluding hydrogens is 1430 g/mol. The number of Topliss-reactive ketones (excluding diaryl/α,β-unsaturated/α-hetero) is 4. The van der Waals surface area contributed by atoms with E-state index in [-0.39, 0.29) is 79.9 Å². The van der Waals surface area contributed by atoms with Gasteiger partial charge in [-0.25, -0.2) is 17.6 Å². The normalized spacial score (nSPS) is 53.1. The third kappa shape index (κ3) is 9.95. The van der Waals surface area contributed by atoms with Crippen LogP contribution in [-0.4, -0.2) is 180 Å². The quantitative estimate of drug-likeness (QED) is 0.0909. The van der Waals surface area contributed by atoms with E-state index in [1.807, 2.05) is 0 Å². The van der Waals surface area contributed by atoms with Crippen molar-refractivity contribution in [2.75, 3.05) is 13.2 Å². The van der Waals surface area contributed by atoms with Crippen molar-refractivity contribution in [1.29, 1.82) is 0 Å². The van der Waals surface area contributed by atoms with Crippen molar-refractivity contribution >= 4 is 46.3 Å². The van der Waals surface area contributed by atoms with Gasteiger partial charge in [0.25, 0.3) is 0 Å². The van der Waals surface area contributed by atoms with Crippen LogP contribution in [0.4, 0.5) is 17.6 Å². The molecule has 111 heavy (non-hydrogen) atoms. The van der Waals surface area contributed by atoms with Gasteiger partial charge in [-0.05, 0) is 233 Å². The van der Waals surface area contributed by atoms with Crippen molar-refractivity contribution < 1.29 is 107 Å². The molecule has 12 saturated carbocycles. The Morgan fingerprint density at radius 2 is 0.550 bits per heavy atom. The molecule has 18 nitrogen and oxygen atoms in total. The van der Waals surface area contributed by atoms with Crippen molar-refractivity contribution in [1.82, 2.24) is 0 Å². The lowest BCUT2D eigenvalue weighted by Crippen LogP contribution is -2.69. The van der Waals surface area contributed by atoms with Gasteiger partial charge in [-0.2, -0.15) is 0 Å². The highest BCUT2D eigenvalue weighted by molar-refractivity contribution is 6.03. The molecule has 0 radical (unpaired) electrons. The first-order valence-corrected chi connectivity index (χ1v) is 40.9. The SMILES string of the molecule is C[C@@H]1C[C@H]2[C@@H]3CCC4=CC(=O)C=C[C@]4(C)[C@@]3(F)[C@@H](O)C[C@]2(C)[C@@]1(O)C(=O)CCCC(=O)[C@@]1(O)[C@@H](C)C[C@H]2[C@@H]3CCC4=CC(=O)C=C[C@]4(C)[C@@]3(F)[C@@H](O)C[C@@]21C.C[C@@H]1C[C@H]2[C@@H]3CCC4=CC(=O)C=C[C@]4(C)[C@@]3(F)[C@@H](O)C[C@]2(C)[C@@]1(O)C(=O)CO.C[C@H]1C[C@H]2[C@@H]3CCC4=CC(=O)C=C[C@]4(C)[C@@]3(F)[C@@H](O)C[C@]2(C)[C@@]1(O)C(=O)CO. The Morgan fingerprint density at radius 3 is 0.748 bits per heavy atom. The Labute approximate surface area is 647 Å². The first kappa shape index (κ1) is 82.1. The van der Waals surface area contributed by atoms with E-state index in [1.54, 1.807) is 107 Å². The molecule has 16 aliphatic carbocycles. The lowest BCUT2D eigenvalue weighted by atomic mass is 9.44. The van der Waals surface area contributed by atoms with E-state index in [0.29, 0.717) is 99.3 Å². The molecule has 0 bridgehead atoms. The summed E-state index contributed by atoms with van der Waals surface area (Å²) in [5, 5.41) is 112. The van der Waals surface area contributed by atoms with Gasteiger partial charge < -0.3 is 51.1 Å². The van der Waals surface area contributed by atoms with Crippen molar-refractivity contribution in [2.24, 2.45) is 114 Å². The Kier molecular flexibility index (Phi) is 19.3. The fourth-order valence-electron chi connectivity index (χ4n) is 29.6. The van der Waals surface area contributed by atoms with Crippen LogP contribution in [-0.2, 0) is 38.4 Å². The van der Waals surface area contributed by atoms with E-state index in [0.717, 1.165) is 0 Å². The molecule has 0 heterocycles. The minimum Gasteiger partial charge on any atom is -0.390 e. The number of aliphatic hydroxyl groups excluding tert-OH is 6. The second kappa shape index (κ2) is 26.0. The van der Waals surface area contributed by atoms with Crippen molar-refractivity contribution in [3.8, 4) is 0 Å². The zero-order valence-electron chi connectivity index (χ0n) is 66.3. The predicted molar refractivity (Wildman–Crippen MR) is 399 cm³/mol. The van der Waals surface area contributed by atoms with Gasteiger partial charge >= 0.3 is 0 Å². The van der Waals surface area contributed by atoms with Crippen LogP contribution in [0.15, 0.2) is 95.2 Å². The molecule has 16 aliphatic rings. The average Bonchev–Trinajstić information content (AvgIpc) is 1.60. The summed E-state index contributed by atoms with van der Waals surface area (Å²) in [7, 11) is 0. The van der Waals surface area contributed by atoms with Gasteiger partial charge in [0, 0.05) is 79.8 Å². The van der Waals surface area contributed by atoms with Crippen LogP contribution in [0.2, 0.25) is 0 Å². The summed E-state index contributed by atoms with van der Waals surface area (Å²) < 4.78 is 68.9. The fourth-order valence-corrected chi connectivity index (χ4v) is 29.6. The van der Waals surface area contributed by atoms with E-state index in [4.69, 9.17) is 0 Å². The standard InChI is InChI=1S/C45H58F2O8.2C22H29FO5/c1-24-18-32-30-12-10-26-20-28(48)14-16-38(26,3)42(30,46)36(52)22-40(32,5)44(24,54)34(50)8-7-9-35(51)45(55)25(2)19-33-31-13-11-27-21-29(49)15-17-39(27,4)43(31,47)37(53)23-41(33,45)6;2*1-12-8-16-15-5-4-13-9-14(25)6-7-19(13,2)21(15,23)17(26)10-20(16,3)22(12,28)18(27)11-24/h14-17,20-21,24-25,30-33,36-37,52-55H,7-13,18-19,22-23H2,1-6H3;2*6-7,9,12,15-17,24,26,28H,4-5,8,10-11H2,1-3H3/t24-,25+,30-,31-,32-,33-,36-,37-,38-,39-,40-,41-,42-,43-,44-,45-;12-,15+,16+,17+,19+,20+,21+,22+;12-,15-,16-,17-,19-,20-,21-,22-/m010/s1. The number of aliphatic hydroxyl groups is 10. The van der Waals surface area contributed by atoms with Gasteiger partial charge in [0.2, 0.25) is 0 Å². The number of fused-ring (bicyclic) bond motifs is 20. The van der Waals surface area contributed by atoms with E-state index < -0.39 is 208 Å². The van der Waals surface area contributed by atoms with Crippen LogP contribution in [0, 0.1) is 114 Å². The van der Waals surface area contributed by atoms with Crippen LogP contribution < -0.4 is 0 Å². The molecule has 16 rings (SSSR count). The molecule has 22 heteroatoms. The zero-order valence-corrected chi connectivity index (χ0v) is 66.3. The maximum atomic E-state index is 17.6. The minimum absolute atomic E-state index is 0.0530. The summed E-state index contributed by atoms with van der Waals surface area (Å²) in [5.41, 5.74) is -21.6. The highest BCUT2D eigenvalue weighted by Gasteiger charge is 2.81. The monoisotopic (exact) mass is 1550 g/mol. The van der Waals surface area contributed by atoms with Crippen LogP contribution in [0.3, 0.4) is 0 Å². The molecule has 0 aromatic rings. The van der Waals surface area contributed by atoms with Gasteiger partial charge in [-0.15, -0.1) is 0 Å². The average molecular weight is 1550 g/mol. The molecule has 32 atom stereocenters. The molecule has 0 aromatic heterocycles. The van der Waals surface area contributed by atoms with Gasteiger partial charge in [-0.3, -0.25) is 38.4 Å². The summed E-state index contributed by atoms with van der Waals surface area (Å²) in [5.74, 6) is -8.79. The van der Waals surface area contributed by atoms with E-state index in [9.17, 15) is 89.4 Å². The third-order valence-corrected chi connectivity index (χ3v) is 35.7. The fraction of sp³-hybridized carbons (Fsp3) is 0.730. The molecule has 0 unspecified atom stereocenters. The largest absolute Gasteiger partial charge is 0.390 e. The van der Waals surface area contributed by atoms with Crippen molar-refractivity contribution in [2.45, 2.75) is 275 Å². The van der Waals surface area contributed by atoms with E-state index in [2.05, 4.69) is 0 Å². The molecule has 0 spiro atoms. The number of rotatable bonds is 10. The Bertz CT molecular complexity index is 4030. The van der Waals surface area contributed by atoms with Crippen LogP contribution in [0.1, 0.15) is 205 Å². The summed E-state index contributed by atoms with van der Waals surface area (Å²) >= 11 is 0. The maximum absolute atomic E-state index is 17.6. The predicted octanol–water partition coefficient (Wildman–Crippen LogP) is 9.78. The Balaban J connectivity index is 0.000000153. The number of allylic oxidation sites excluding steroid dienone is 16. The Hall–Kier alpha value is -5.40. The van der Waals surface area contributed by atoms with Gasteiger partial charge in [-0.1, -0.05) is 102 Å². The molecule has 0 saturated heterocycles. The number of halogens is 4. The van der Waals surface area contributed by atoms with Crippen LogP contribution >= 0.6 is 0 Å². The van der Waals surface area contributed by atoms with Gasteiger partial charge in [0.05, 0.1) is 24.4 Å². The number of hydrogen-bond acceptors (Lipinski definition) is 18. The summed E-state index contributed by atoms with van der Waals surface area (Å²) in [6, 6.07) is 0. The van der Waals surface area contributed by atoms with Gasteiger partial charge in [0.15, 0.2) is 68.9 Å². The second-order valence-corrected chi connectivity index (χ2v) is 39.5. The Morgan fingerprint density at radius 1 is 0.351 bits per heavy atom. The zero-order chi connectivity index (χ0) is 81.5. The second-order valence-electron chi connectivity index (χ2n) is 39.5. The number of ketones is 8. The van der Waals surface area contributed by atoms with E-state index >= 15 is 17.6 Å². The third-order valence-electron chi connectivity index (χ3n) is 35.7. The lowest BCUT2D eigenvalue weighted by molar-refractivity contribution is -0.219. The molecular formula is C89H116F4O18. The van der Waals surface area contributed by atoms with Crippen molar-refractivity contribution in [3.05, 3.63) is 95.2 Å². The molecule has 0 aliphatic heterocycles. The first-order valence-electron chi connectivity index (χ1n) is 40.9. The number of alkyl halides is 4. The van der Waals surface area contributed by atoms with Gasteiger partial charge in [0.1, 0.15) is 35.6 Å². The summed E-state index contributed by atoms with van der Waals surface area (Å²) in [6.45, 7) is 19.6. The molecule has 10 N–H and O–H groups in total. The first-order chi connectivity index (χ1) is 51.4. The highest BCUT2D eigenvalue weighted by atomic mass is 19.2. The smallest absolute Gasteiger partial charge is 0.190 e. The molecule has 608 valence electrons. The maximum Gasteiger partial charge on any atom is 0.190 e. The van der Waals surface area contributed by atoms with Crippen molar-refractivity contribution in [3.63, 3.8) is 0 Å². The highest BCUT2D eigenvalue weighted by Crippen LogP contribution is 2.76. The molecule has 0 amide bonds. The minimum atomic E-state index is -2.09. The number of carbonyl (C=O) groups is 8. The summed E-state index contributed by atoms with van der Waals surface area (Å²) in [6.07, 6.45) is 16.7. The molecule has 0 aromatic carbocycles. The molecule has 12 fully saturated rings. The van der Waals surface area contributed by atoms with Crippen LogP contribution in [0.25, 0.3) is 0 Å². The number of hydrogen-bond donors (Lipinski definition) is 10. The summed E-state index contributed by atoms with van der Waals surface area (Å²) in [4.78, 5) is 102.